The van der Waals surface area contributed by atoms with Crippen LogP contribution in [-0.2, 0) is 4.74 Å². The smallest absolute Gasteiger partial charge is 0.193 e. The van der Waals surface area contributed by atoms with E-state index in [-0.39, 0.29) is 0 Å². The van der Waals surface area contributed by atoms with E-state index in [9.17, 15) is 0 Å². The lowest BCUT2D eigenvalue weighted by Crippen LogP contribution is -2.44. The maximum absolute atomic E-state index is 5.46. The topological polar surface area (TPSA) is 40.1 Å². The van der Waals surface area contributed by atoms with Crippen molar-refractivity contribution in [1.82, 2.24) is 15.1 Å². The molecule has 2 heterocycles. The molecule has 4 aliphatic rings. The van der Waals surface area contributed by atoms with E-state index in [1.54, 1.807) is 0 Å². The van der Waals surface area contributed by atoms with Crippen molar-refractivity contribution in [1.29, 1.82) is 0 Å². The average Bonchev–Trinajstić information content (AvgIpc) is 3.53. The minimum Gasteiger partial charge on any atom is -0.379 e. The lowest BCUT2D eigenvalue weighted by atomic mass is 9.98. The molecule has 0 bridgehead atoms. The van der Waals surface area contributed by atoms with Crippen LogP contribution in [0.25, 0.3) is 0 Å². The molecule has 2 saturated carbocycles. The molecule has 0 aromatic rings. The van der Waals surface area contributed by atoms with E-state index in [0.717, 1.165) is 75.6 Å². The molecule has 0 amide bonds. The molecule has 1 atom stereocenters. The van der Waals surface area contributed by atoms with Crippen LogP contribution >= 0.6 is 0 Å². The first kappa shape index (κ1) is 16.6. The Morgan fingerprint density at radius 3 is 2.42 bits per heavy atom. The maximum atomic E-state index is 5.46. The Labute approximate surface area is 146 Å². The number of nitrogens with one attached hydrogen (secondary N) is 1. The molecule has 2 saturated heterocycles. The van der Waals surface area contributed by atoms with E-state index in [2.05, 4.69) is 20.1 Å². The number of ether oxygens (including phenoxy) is 1. The van der Waals surface area contributed by atoms with Gasteiger partial charge < -0.3 is 15.0 Å². The van der Waals surface area contributed by atoms with Crippen LogP contribution in [0.15, 0.2) is 4.99 Å². The Morgan fingerprint density at radius 2 is 1.79 bits per heavy atom. The molecular formula is C19H34N4O. The van der Waals surface area contributed by atoms with Gasteiger partial charge in [-0.25, -0.2) is 0 Å². The van der Waals surface area contributed by atoms with Gasteiger partial charge in [0, 0.05) is 46.3 Å². The van der Waals surface area contributed by atoms with E-state index in [1.165, 1.54) is 38.6 Å². The summed E-state index contributed by atoms with van der Waals surface area (Å²) < 4.78 is 5.46. The predicted octanol–water partition coefficient (Wildman–Crippen LogP) is 1.65. The molecule has 0 unspecified atom stereocenters. The normalized spacial score (nSPS) is 29.5. The molecule has 0 radical (unpaired) electrons. The summed E-state index contributed by atoms with van der Waals surface area (Å²) in [7, 11) is 1.95. The van der Waals surface area contributed by atoms with Crippen molar-refractivity contribution in [3.05, 3.63) is 0 Å². The summed E-state index contributed by atoms with van der Waals surface area (Å²) in [6.45, 7) is 8.71. The van der Waals surface area contributed by atoms with Gasteiger partial charge in [-0.05, 0) is 55.8 Å². The van der Waals surface area contributed by atoms with Gasteiger partial charge in [-0.1, -0.05) is 0 Å². The summed E-state index contributed by atoms with van der Waals surface area (Å²) in [5, 5.41) is 3.72. The molecule has 136 valence electrons. The van der Waals surface area contributed by atoms with Crippen molar-refractivity contribution in [2.45, 2.75) is 32.1 Å². The zero-order valence-corrected chi connectivity index (χ0v) is 15.3. The van der Waals surface area contributed by atoms with Crippen LogP contribution in [0.3, 0.4) is 0 Å². The number of hydrogen-bond acceptors (Lipinski definition) is 3. The number of hydrogen-bond donors (Lipinski definition) is 1. The zero-order chi connectivity index (χ0) is 16.4. The lowest BCUT2D eigenvalue weighted by molar-refractivity contribution is 0.0315. The van der Waals surface area contributed by atoms with Crippen LogP contribution in [0.5, 0.6) is 0 Å². The molecule has 2 aliphatic heterocycles. The number of rotatable bonds is 6. The van der Waals surface area contributed by atoms with Gasteiger partial charge in [-0.2, -0.15) is 0 Å². The van der Waals surface area contributed by atoms with Crippen molar-refractivity contribution in [2.24, 2.45) is 28.7 Å². The van der Waals surface area contributed by atoms with Gasteiger partial charge in [0.1, 0.15) is 0 Å². The van der Waals surface area contributed by atoms with E-state index < -0.39 is 0 Å². The standard InChI is InChI=1S/C19H34N4O/c1-20-19(21-12-18(16-2-3-16)17-4-5-17)23-7-6-15(14-23)13-22-8-10-24-11-9-22/h15-18H,2-14H2,1H3,(H,20,21)/t15-/m1/s1. The fourth-order valence-corrected chi connectivity index (χ4v) is 4.63. The predicted molar refractivity (Wildman–Crippen MR) is 97.2 cm³/mol. The number of likely N-dealkylation sites (tertiary alicyclic amines) is 1. The fraction of sp³-hybridized carbons (Fsp3) is 0.947. The Kier molecular flexibility index (Phi) is 5.28. The van der Waals surface area contributed by atoms with E-state index in [4.69, 9.17) is 4.74 Å². The SMILES string of the molecule is CN=C(NCC(C1CC1)C1CC1)N1CC[C@H](CN2CCOCC2)C1. The molecule has 4 rings (SSSR count). The molecule has 0 aromatic heterocycles. The average molecular weight is 335 g/mol. The second-order valence-corrected chi connectivity index (χ2v) is 8.28. The van der Waals surface area contributed by atoms with Gasteiger partial charge in [0.2, 0.25) is 0 Å². The van der Waals surface area contributed by atoms with Crippen LogP contribution in [0, 0.1) is 23.7 Å². The Morgan fingerprint density at radius 1 is 1.08 bits per heavy atom. The number of morpholine rings is 1. The van der Waals surface area contributed by atoms with Crippen LogP contribution < -0.4 is 5.32 Å². The van der Waals surface area contributed by atoms with Gasteiger partial charge in [0.15, 0.2) is 5.96 Å². The third kappa shape index (κ3) is 4.23. The maximum Gasteiger partial charge on any atom is 0.193 e. The van der Waals surface area contributed by atoms with Gasteiger partial charge in [0.05, 0.1) is 13.2 Å². The number of aliphatic imine (C=N–C) groups is 1. The number of guanidine groups is 1. The summed E-state index contributed by atoms with van der Waals surface area (Å²) in [5.41, 5.74) is 0. The Hall–Kier alpha value is -0.810. The van der Waals surface area contributed by atoms with Gasteiger partial charge in [-0.15, -0.1) is 0 Å². The highest BCUT2D eigenvalue weighted by molar-refractivity contribution is 5.80. The van der Waals surface area contributed by atoms with Crippen LogP contribution in [-0.4, -0.2) is 75.3 Å². The molecule has 2 aliphatic carbocycles. The molecule has 0 aromatic carbocycles. The number of nitrogens with zero attached hydrogens (tertiary/aromatic N) is 3. The van der Waals surface area contributed by atoms with Gasteiger partial charge in [-0.3, -0.25) is 9.89 Å². The highest BCUT2D eigenvalue weighted by Crippen LogP contribution is 2.48. The summed E-state index contributed by atoms with van der Waals surface area (Å²) in [6.07, 6.45) is 7.16. The highest BCUT2D eigenvalue weighted by atomic mass is 16.5. The van der Waals surface area contributed by atoms with E-state index in [1.807, 2.05) is 7.05 Å². The summed E-state index contributed by atoms with van der Waals surface area (Å²) in [5.74, 6) is 4.86. The largest absolute Gasteiger partial charge is 0.379 e. The molecule has 1 N–H and O–H groups in total. The molecule has 4 fully saturated rings. The summed E-state index contributed by atoms with van der Waals surface area (Å²) >= 11 is 0. The molecule has 5 heteroatoms. The zero-order valence-electron chi connectivity index (χ0n) is 15.3. The van der Waals surface area contributed by atoms with Crippen molar-refractivity contribution in [3.63, 3.8) is 0 Å². The molecule has 5 nitrogen and oxygen atoms in total. The minimum atomic E-state index is 0.782. The third-order valence-electron chi connectivity index (χ3n) is 6.37. The van der Waals surface area contributed by atoms with Crippen molar-refractivity contribution < 1.29 is 4.74 Å². The molecule has 0 spiro atoms. The summed E-state index contributed by atoms with van der Waals surface area (Å²) in [4.78, 5) is 9.64. The first-order chi connectivity index (χ1) is 11.8. The Bertz CT molecular complexity index is 429. The highest BCUT2D eigenvalue weighted by Gasteiger charge is 2.41. The molecule has 24 heavy (non-hydrogen) atoms. The quantitative estimate of drug-likeness (QED) is 0.592. The lowest BCUT2D eigenvalue weighted by Gasteiger charge is -2.29. The third-order valence-corrected chi connectivity index (χ3v) is 6.37. The monoisotopic (exact) mass is 334 g/mol. The van der Waals surface area contributed by atoms with Crippen molar-refractivity contribution in [2.75, 3.05) is 59.5 Å². The van der Waals surface area contributed by atoms with Crippen molar-refractivity contribution >= 4 is 5.96 Å². The fourth-order valence-electron chi connectivity index (χ4n) is 4.63. The van der Waals surface area contributed by atoms with Crippen LogP contribution in [0.2, 0.25) is 0 Å². The van der Waals surface area contributed by atoms with E-state index in [0.29, 0.717) is 0 Å². The van der Waals surface area contributed by atoms with Crippen LogP contribution in [0.1, 0.15) is 32.1 Å². The van der Waals surface area contributed by atoms with Crippen LogP contribution in [0.4, 0.5) is 0 Å². The van der Waals surface area contributed by atoms with E-state index >= 15 is 0 Å². The second kappa shape index (κ2) is 7.61. The van der Waals surface area contributed by atoms with Crippen molar-refractivity contribution in [3.8, 4) is 0 Å². The van der Waals surface area contributed by atoms with Gasteiger partial charge in [0.25, 0.3) is 0 Å². The first-order valence-corrected chi connectivity index (χ1v) is 10.1. The summed E-state index contributed by atoms with van der Waals surface area (Å²) in [6, 6.07) is 0. The second-order valence-electron chi connectivity index (χ2n) is 8.28. The molecular weight excluding hydrogens is 300 g/mol. The minimum absolute atomic E-state index is 0.782. The first-order valence-electron chi connectivity index (χ1n) is 10.1. The van der Waals surface area contributed by atoms with Gasteiger partial charge >= 0.3 is 0 Å². The Balaban J connectivity index is 1.23.